The van der Waals surface area contributed by atoms with E-state index < -0.39 is 51.4 Å². The van der Waals surface area contributed by atoms with E-state index in [0.717, 1.165) is 12.1 Å². The Bertz CT molecular complexity index is 2640. The zero-order valence-electron chi connectivity index (χ0n) is 29.8. The molecule has 0 spiro atoms. The number of nitro benzene ring substituents is 2. The molecule has 57 heavy (non-hydrogen) atoms. The van der Waals surface area contributed by atoms with E-state index >= 15 is 0 Å². The van der Waals surface area contributed by atoms with Gasteiger partial charge in [-0.25, -0.2) is 16.8 Å². The predicted molar refractivity (Wildman–Crippen MR) is 206 cm³/mol. The van der Waals surface area contributed by atoms with E-state index in [1.165, 1.54) is 48.5 Å². The minimum Gasteiger partial charge on any atom is -0.744 e. The van der Waals surface area contributed by atoms with Gasteiger partial charge in [-0.1, -0.05) is 74.5 Å². The molecule has 0 fully saturated rings. The second kappa shape index (κ2) is 18.2. The van der Waals surface area contributed by atoms with E-state index in [4.69, 9.17) is 0 Å². The maximum absolute atomic E-state index is 11.5. The maximum Gasteiger partial charge on any atom is 2.00 e. The van der Waals surface area contributed by atoms with Crippen LogP contribution in [0.5, 0.6) is 11.5 Å². The fraction of sp³-hybridized carbons (Fsp3) is 0.111. The van der Waals surface area contributed by atoms with E-state index in [9.17, 15) is 56.4 Å². The summed E-state index contributed by atoms with van der Waals surface area (Å²) in [6.07, 6.45) is 0.678. The molecule has 0 amide bonds. The van der Waals surface area contributed by atoms with E-state index in [1.807, 2.05) is 0 Å². The van der Waals surface area contributed by atoms with Crippen LogP contribution in [-0.2, 0) is 33.1 Å². The van der Waals surface area contributed by atoms with Crippen LogP contribution in [-0.4, -0.2) is 83.7 Å². The number of phenols is 2. The number of aromatic hydroxyl groups is 2. The van der Waals surface area contributed by atoms with Gasteiger partial charge in [-0.2, -0.15) is 0 Å². The topological polar surface area (TPSA) is 291 Å². The summed E-state index contributed by atoms with van der Waals surface area (Å²) in [4.78, 5) is 20.2. The minimum atomic E-state index is -4.82. The number of benzene rings is 6. The Balaban J connectivity index is 0.000000248. The van der Waals surface area contributed by atoms with Crippen molar-refractivity contribution < 1.29 is 46.0 Å². The van der Waals surface area contributed by atoms with Crippen molar-refractivity contribution in [2.75, 3.05) is 0 Å². The molecule has 6 aromatic carbocycles. The summed E-state index contributed by atoms with van der Waals surface area (Å²) < 4.78 is 68.9. The second-order valence-corrected chi connectivity index (χ2v) is 14.4. The van der Waals surface area contributed by atoms with Gasteiger partial charge in [-0.3, -0.25) is 20.2 Å². The molecule has 0 saturated carbocycles. The Kier molecular flexibility index (Phi) is 14.1. The molecule has 6 aromatic rings. The molecule has 2 N–H and O–H groups in total. The molecule has 0 bridgehead atoms. The minimum absolute atomic E-state index is 0. The normalized spacial score (nSPS) is 11.7. The molecule has 0 aliphatic rings. The molecular formula is C36H28CaN6O12S2. The van der Waals surface area contributed by atoms with Crippen molar-refractivity contribution in [3.63, 3.8) is 0 Å². The molecule has 0 heterocycles. The second-order valence-electron chi connectivity index (χ2n) is 11.7. The number of nitrogens with zero attached hydrogens (tertiary/aromatic N) is 6. The van der Waals surface area contributed by atoms with Crippen LogP contribution in [0.3, 0.4) is 0 Å². The van der Waals surface area contributed by atoms with Gasteiger partial charge in [0.05, 0.1) is 42.1 Å². The van der Waals surface area contributed by atoms with Crippen molar-refractivity contribution in [2.24, 2.45) is 20.5 Å². The Morgan fingerprint density at radius 1 is 0.544 bits per heavy atom. The molecule has 0 saturated heterocycles. The Morgan fingerprint density at radius 3 is 1.18 bits per heavy atom. The number of azo groups is 2. The summed E-state index contributed by atoms with van der Waals surface area (Å²) in [6.45, 7) is 3.48. The van der Waals surface area contributed by atoms with Gasteiger partial charge in [0.25, 0.3) is 11.4 Å². The third-order valence-electron chi connectivity index (χ3n) is 8.32. The van der Waals surface area contributed by atoms with Gasteiger partial charge in [0.2, 0.25) is 0 Å². The van der Waals surface area contributed by atoms with Crippen molar-refractivity contribution in [1.29, 1.82) is 0 Å². The molecule has 18 nitrogen and oxygen atoms in total. The Morgan fingerprint density at radius 2 is 0.877 bits per heavy atom. The summed E-state index contributed by atoms with van der Waals surface area (Å²) in [5, 5.41) is 59.5. The third-order valence-corrected chi connectivity index (χ3v) is 10.1. The van der Waals surface area contributed by atoms with Gasteiger partial charge in [0.15, 0.2) is 0 Å². The van der Waals surface area contributed by atoms with Gasteiger partial charge >= 0.3 is 37.7 Å². The van der Waals surface area contributed by atoms with Crippen LogP contribution < -0.4 is 0 Å². The summed E-state index contributed by atoms with van der Waals surface area (Å²) in [6, 6.07) is 22.5. The van der Waals surface area contributed by atoms with Crippen LogP contribution in [0.1, 0.15) is 25.0 Å². The molecule has 0 radical (unpaired) electrons. The molecule has 0 unspecified atom stereocenters. The zero-order valence-corrected chi connectivity index (χ0v) is 33.7. The van der Waals surface area contributed by atoms with E-state index in [0.29, 0.717) is 24.0 Å². The first kappa shape index (κ1) is 44.2. The summed E-state index contributed by atoms with van der Waals surface area (Å²) in [5.41, 5.74) is 0.966. The summed E-state index contributed by atoms with van der Waals surface area (Å²) in [5.74, 6) is -1.08. The van der Waals surface area contributed by atoms with Gasteiger partial charge in [-0.05, 0) is 25.0 Å². The van der Waals surface area contributed by atoms with Crippen LogP contribution in [0.2, 0.25) is 0 Å². The average molecular weight is 841 g/mol. The quantitative estimate of drug-likeness (QED) is 0.0433. The molecule has 288 valence electrons. The van der Waals surface area contributed by atoms with Crippen LogP contribution in [0.15, 0.2) is 127 Å². The van der Waals surface area contributed by atoms with E-state index in [2.05, 4.69) is 20.5 Å². The molecule has 0 atom stereocenters. The average Bonchev–Trinajstić information content (AvgIpc) is 3.15. The van der Waals surface area contributed by atoms with Gasteiger partial charge < -0.3 is 19.3 Å². The van der Waals surface area contributed by atoms with Gasteiger partial charge in [0.1, 0.15) is 43.1 Å². The molecular weight excluding hydrogens is 813 g/mol. The molecule has 0 aliphatic carbocycles. The van der Waals surface area contributed by atoms with Crippen LogP contribution >= 0.6 is 0 Å². The fourth-order valence-electron chi connectivity index (χ4n) is 5.84. The van der Waals surface area contributed by atoms with E-state index in [-0.39, 0.29) is 93.4 Å². The smallest absolute Gasteiger partial charge is 0.744 e. The standard InChI is InChI=1S/2C18H15N3O6S.Ca/c2*1-2-11-14(8-5-9-15(11)21(23)24)19-20-18-13-7-4-3-6-12(13)17(10-16(18)22)28(25,26)27;/h2*3-10,22H,2H2,1H3,(H,25,26,27);/q;;+2/p-2. The Labute approximate surface area is 354 Å². The zero-order chi connectivity index (χ0) is 40.9. The molecule has 21 heteroatoms. The van der Waals surface area contributed by atoms with Crippen molar-refractivity contribution in [3.8, 4) is 11.5 Å². The number of fused-ring (bicyclic) bond motifs is 2. The first-order chi connectivity index (χ1) is 26.5. The van der Waals surface area contributed by atoms with Crippen molar-refractivity contribution in [1.82, 2.24) is 0 Å². The summed E-state index contributed by atoms with van der Waals surface area (Å²) >= 11 is 0. The van der Waals surface area contributed by atoms with Crippen LogP contribution in [0, 0.1) is 20.2 Å². The summed E-state index contributed by atoms with van der Waals surface area (Å²) in [7, 11) is -9.64. The monoisotopic (exact) mass is 840 g/mol. The SMILES string of the molecule is CCc1c(N=Nc2c(O)cc(S(=O)(=O)[O-])c3ccccc23)cccc1[N+](=O)[O-].CCc1c(N=Nc2c(O)cc(S(=O)(=O)[O-])c3ccccc23)cccc1[N+](=O)[O-].[Ca+2]. The fourth-order valence-corrected chi connectivity index (χ4v) is 7.24. The number of nitro groups is 2. The first-order valence-electron chi connectivity index (χ1n) is 16.2. The number of hydrogen-bond donors (Lipinski definition) is 2. The van der Waals surface area contributed by atoms with E-state index in [1.54, 1.807) is 50.2 Å². The van der Waals surface area contributed by atoms with Crippen molar-refractivity contribution in [3.05, 3.63) is 128 Å². The van der Waals surface area contributed by atoms with Crippen molar-refractivity contribution >= 4 is 114 Å². The van der Waals surface area contributed by atoms with Crippen LogP contribution in [0.25, 0.3) is 21.5 Å². The van der Waals surface area contributed by atoms with Gasteiger partial charge in [-0.15, -0.1) is 20.5 Å². The number of rotatable bonds is 10. The molecule has 0 aromatic heterocycles. The number of phenolic OH excluding ortho intramolecular Hbond substituents is 2. The first-order valence-corrected chi connectivity index (χ1v) is 19.1. The van der Waals surface area contributed by atoms with Crippen molar-refractivity contribution in [2.45, 2.75) is 36.5 Å². The molecule has 6 rings (SSSR count). The van der Waals surface area contributed by atoms with Gasteiger partial charge in [0, 0.05) is 45.8 Å². The number of hydrogen-bond acceptors (Lipinski definition) is 16. The third kappa shape index (κ3) is 9.74. The maximum atomic E-state index is 11.5. The molecule has 0 aliphatic heterocycles. The predicted octanol–water partition coefficient (Wildman–Crippen LogP) is 8.29. The Hall–Kier alpha value is -5.48. The van der Waals surface area contributed by atoms with Crippen LogP contribution in [0.4, 0.5) is 34.1 Å². The largest absolute Gasteiger partial charge is 2.00 e.